The van der Waals surface area contributed by atoms with Crippen molar-refractivity contribution in [3.05, 3.63) is 0 Å². The highest BCUT2D eigenvalue weighted by Crippen LogP contribution is 2.33. The lowest BCUT2D eigenvalue weighted by Crippen LogP contribution is -2.65. The van der Waals surface area contributed by atoms with Crippen LogP contribution in [0.25, 0.3) is 0 Å². The van der Waals surface area contributed by atoms with E-state index >= 15 is 0 Å². The van der Waals surface area contributed by atoms with E-state index in [0.717, 1.165) is 13.8 Å². The SMILES string of the molecule is CC(=O)O[C@@H]1[C@@H](O[C@@H]2O[C@@H](C)[C@H](O[C@@H]3OC[C@@H](O[C@@H]4O[C@H](CO)[C@H](O)[C@H](O)[C@H]4O)[C@H](O)[C@H]3O)[C@@H](O)[C@H]2O)[C@H](O)O[C@H](C)[C@@H]1OC(C)=O. The minimum absolute atomic E-state index is 0.469. The van der Waals surface area contributed by atoms with Crippen LogP contribution < -0.4 is 0 Å². The Kier molecular flexibility index (Phi) is 12.9. The number of carbonyl (C=O) groups excluding carboxylic acids is 2. The summed E-state index contributed by atoms with van der Waals surface area (Å²) in [6, 6.07) is 0. The van der Waals surface area contributed by atoms with Gasteiger partial charge < -0.3 is 88.6 Å². The Hall–Kier alpha value is -1.70. The fourth-order valence-electron chi connectivity index (χ4n) is 5.79. The van der Waals surface area contributed by atoms with Crippen LogP contribution in [0.2, 0.25) is 0 Å². The zero-order valence-corrected chi connectivity index (χ0v) is 25.9. The van der Waals surface area contributed by atoms with Gasteiger partial charge in [0, 0.05) is 13.8 Å². The van der Waals surface area contributed by atoms with Gasteiger partial charge in [-0.05, 0) is 13.8 Å². The molecule has 20 nitrogen and oxygen atoms in total. The molecule has 0 aliphatic carbocycles. The Morgan fingerprint density at radius 2 is 1.13 bits per heavy atom. The maximum Gasteiger partial charge on any atom is 0.303 e. The lowest BCUT2D eigenvalue weighted by molar-refractivity contribution is -0.378. The normalized spacial score (nSPS) is 49.3. The van der Waals surface area contributed by atoms with Crippen molar-refractivity contribution in [3.8, 4) is 0 Å². The molecule has 47 heavy (non-hydrogen) atoms. The van der Waals surface area contributed by atoms with Crippen LogP contribution in [0.3, 0.4) is 0 Å². The number of hydrogen-bond donors (Lipinski definition) is 9. The molecule has 0 unspecified atom stereocenters. The average molecular weight is 689 g/mol. The molecule has 20 heteroatoms. The second-order valence-electron chi connectivity index (χ2n) is 11.8. The average Bonchev–Trinajstić information content (AvgIpc) is 3.00. The first-order valence-electron chi connectivity index (χ1n) is 15.0. The summed E-state index contributed by atoms with van der Waals surface area (Å²) in [6.07, 6.45) is -29.3. The zero-order chi connectivity index (χ0) is 34.9. The van der Waals surface area contributed by atoms with Crippen LogP contribution in [0.5, 0.6) is 0 Å². The maximum absolute atomic E-state index is 11.8. The Morgan fingerprint density at radius 3 is 1.74 bits per heavy atom. The number of hydrogen-bond acceptors (Lipinski definition) is 20. The van der Waals surface area contributed by atoms with E-state index in [4.69, 9.17) is 42.6 Å². The number of carbonyl (C=O) groups is 2. The van der Waals surface area contributed by atoms with Gasteiger partial charge >= 0.3 is 11.9 Å². The third-order valence-corrected chi connectivity index (χ3v) is 8.30. The molecule has 0 saturated carbocycles. The van der Waals surface area contributed by atoms with Gasteiger partial charge in [0.15, 0.2) is 43.5 Å². The van der Waals surface area contributed by atoms with Crippen molar-refractivity contribution in [2.24, 2.45) is 0 Å². The third-order valence-electron chi connectivity index (χ3n) is 8.30. The van der Waals surface area contributed by atoms with Crippen LogP contribution in [0.1, 0.15) is 27.7 Å². The summed E-state index contributed by atoms with van der Waals surface area (Å²) in [6.45, 7) is 3.88. The summed E-state index contributed by atoms with van der Waals surface area (Å²) in [5, 5.41) is 93.4. The van der Waals surface area contributed by atoms with Crippen LogP contribution in [0, 0.1) is 0 Å². The zero-order valence-electron chi connectivity index (χ0n) is 25.9. The van der Waals surface area contributed by atoms with E-state index in [2.05, 4.69) is 0 Å². The summed E-state index contributed by atoms with van der Waals surface area (Å²) >= 11 is 0. The van der Waals surface area contributed by atoms with Crippen molar-refractivity contribution in [1.29, 1.82) is 0 Å². The van der Waals surface area contributed by atoms with Crippen molar-refractivity contribution in [2.45, 2.75) is 144 Å². The maximum atomic E-state index is 11.8. The van der Waals surface area contributed by atoms with Crippen LogP contribution in [0.15, 0.2) is 0 Å². The first kappa shape index (κ1) is 38.1. The molecule has 4 heterocycles. The number of rotatable bonds is 9. The molecule has 0 aromatic rings. The Labute approximate surface area is 268 Å². The summed E-state index contributed by atoms with van der Waals surface area (Å²) < 4.78 is 49.2. The molecule has 0 aromatic carbocycles. The highest BCUT2D eigenvalue weighted by atomic mass is 16.8. The Morgan fingerprint density at radius 1 is 0.596 bits per heavy atom. The van der Waals surface area contributed by atoms with Gasteiger partial charge in [0.1, 0.15) is 61.0 Å². The largest absolute Gasteiger partial charge is 0.456 e. The molecule has 4 aliphatic rings. The van der Waals surface area contributed by atoms with E-state index < -0.39 is 142 Å². The standard InChI is InChI=1S/C27H44O20/c1-7-20(46-25-17(35)14(32)12(6-39-25)45-27-18(36)15(33)13(31)11(5-28)44-27)16(34)19(37)26(41-7)47-23-22(43-10(4)30)21(42-9(3)29)8(2)40-24(23)38/h7-8,11-28,31-38H,5-6H2,1-4H3/t7-,8+,11+,12+,13-,14-,15-,16-,17+,18+,19+,20-,21-,22-,23+,24+,25-,26-,27-/m0/s1. The molecule has 0 amide bonds. The first-order valence-corrected chi connectivity index (χ1v) is 15.0. The molecule has 272 valence electrons. The van der Waals surface area contributed by atoms with Gasteiger partial charge in [-0.1, -0.05) is 0 Å². The summed E-state index contributed by atoms with van der Waals surface area (Å²) in [7, 11) is 0. The van der Waals surface area contributed by atoms with Gasteiger partial charge in [-0.25, -0.2) is 0 Å². The van der Waals surface area contributed by atoms with E-state index in [1.165, 1.54) is 13.8 Å². The quantitative estimate of drug-likeness (QED) is 0.102. The summed E-state index contributed by atoms with van der Waals surface area (Å²) in [4.78, 5) is 23.5. The van der Waals surface area contributed by atoms with Gasteiger partial charge in [-0.2, -0.15) is 0 Å². The second-order valence-corrected chi connectivity index (χ2v) is 11.8. The second kappa shape index (κ2) is 15.9. The summed E-state index contributed by atoms with van der Waals surface area (Å²) in [5.41, 5.74) is 0. The minimum atomic E-state index is -1.87. The van der Waals surface area contributed by atoms with Gasteiger partial charge in [0.05, 0.1) is 25.4 Å². The fraction of sp³-hybridized carbons (Fsp3) is 0.926. The Balaban J connectivity index is 1.38. The molecule has 0 radical (unpaired) electrons. The lowest BCUT2D eigenvalue weighted by Gasteiger charge is -2.47. The van der Waals surface area contributed by atoms with Crippen molar-refractivity contribution < 1.29 is 98.2 Å². The van der Waals surface area contributed by atoms with E-state index in [9.17, 15) is 55.5 Å². The highest BCUT2D eigenvalue weighted by molar-refractivity contribution is 5.67. The van der Waals surface area contributed by atoms with E-state index in [1.807, 2.05) is 0 Å². The smallest absolute Gasteiger partial charge is 0.303 e. The topological polar surface area (TPSA) is 299 Å². The van der Waals surface area contributed by atoms with E-state index in [1.54, 1.807) is 0 Å². The van der Waals surface area contributed by atoms with Crippen LogP contribution >= 0.6 is 0 Å². The van der Waals surface area contributed by atoms with Crippen molar-refractivity contribution in [2.75, 3.05) is 13.2 Å². The summed E-state index contributed by atoms with van der Waals surface area (Å²) in [5.74, 6) is -1.54. The number of aliphatic hydroxyl groups is 9. The molecule has 4 fully saturated rings. The van der Waals surface area contributed by atoms with Crippen LogP contribution in [0.4, 0.5) is 0 Å². The van der Waals surface area contributed by atoms with E-state index in [0.29, 0.717) is 0 Å². The fourth-order valence-corrected chi connectivity index (χ4v) is 5.79. The third kappa shape index (κ3) is 8.37. The predicted molar refractivity (Wildman–Crippen MR) is 144 cm³/mol. The molecular weight excluding hydrogens is 644 g/mol. The number of ether oxygens (including phenoxy) is 9. The lowest BCUT2D eigenvalue weighted by atomic mass is 9.97. The molecule has 4 saturated heterocycles. The molecule has 4 aliphatic heterocycles. The van der Waals surface area contributed by atoms with Gasteiger partial charge in [-0.3, -0.25) is 9.59 Å². The molecule has 0 spiro atoms. The first-order chi connectivity index (χ1) is 22.0. The van der Waals surface area contributed by atoms with Crippen LogP contribution in [-0.2, 0) is 52.2 Å². The van der Waals surface area contributed by atoms with Crippen molar-refractivity contribution >= 4 is 11.9 Å². The Bertz CT molecular complexity index is 1050. The van der Waals surface area contributed by atoms with Crippen molar-refractivity contribution in [1.82, 2.24) is 0 Å². The number of esters is 2. The van der Waals surface area contributed by atoms with Gasteiger partial charge in [0.25, 0.3) is 0 Å². The molecular formula is C27H44O20. The highest BCUT2D eigenvalue weighted by Gasteiger charge is 2.54. The molecule has 0 bridgehead atoms. The predicted octanol–water partition coefficient (Wildman–Crippen LogP) is -5.91. The molecule has 19 atom stereocenters. The minimum Gasteiger partial charge on any atom is -0.456 e. The van der Waals surface area contributed by atoms with Gasteiger partial charge in [0.2, 0.25) is 0 Å². The number of aliphatic hydroxyl groups excluding tert-OH is 9. The molecule has 0 aromatic heterocycles. The molecule has 9 N–H and O–H groups in total. The van der Waals surface area contributed by atoms with Crippen molar-refractivity contribution in [3.63, 3.8) is 0 Å². The molecule has 4 rings (SSSR count). The van der Waals surface area contributed by atoms with E-state index in [-0.39, 0.29) is 0 Å². The van der Waals surface area contributed by atoms with Gasteiger partial charge in [-0.15, -0.1) is 0 Å². The monoisotopic (exact) mass is 688 g/mol. The van der Waals surface area contributed by atoms with Crippen LogP contribution in [-0.4, -0.2) is 188 Å².